The summed E-state index contributed by atoms with van der Waals surface area (Å²) >= 11 is 0. The van der Waals surface area contributed by atoms with Crippen LogP contribution in [0, 0.1) is 0 Å². The monoisotopic (exact) mass is 254 g/mol. The quantitative estimate of drug-likeness (QED) is 0.888. The number of hydrogen-bond donors (Lipinski definition) is 1. The van der Waals surface area contributed by atoms with E-state index in [0.717, 1.165) is 19.5 Å². The van der Waals surface area contributed by atoms with E-state index in [2.05, 4.69) is 5.32 Å². The highest BCUT2D eigenvalue weighted by Gasteiger charge is 2.36. The summed E-state index contributed by atoms with van der Waals surface area (Å²) in [5.74, 6) is -2.77. The van der Waals surface area contributed by atoms with Gasteiger partial charge in [-0.05, 0) is 6.42 Å². The van der Waals surface area contributed by atoms with E-state index in [1.165, 1.54) is 12.1 Å². The van der Waals surface area contributed by atoms with Crippen molar-refractivity contribution in [1.29, 1.82) is 0 Å². The van der Waals surface area contributed by atoms with Crippen LogP contribution in [0.1, 0.15) is 18.9 Å². The van der Waals surface area contributed by atoms with E-state index in [1.807, 2.05) is 11.8 Å². The average Bonchev–Trinajstić information content (AvgIpc) is 2.40. The molecule has 0 amide bonds. The zero-order chi connectivity index (χ0) is 13.0. The zero-order valence-electron chi connectivity index (χ0n) is 10.7. The zero-order valence-corrected chi connectivity index (χ0v) is 10.7. The van der Waals surface area contributed by atoms with Gasteiger partial charge in [-0.25, -0.2) is 0 Å². The minimum absolute atomic E-state index is 0.110. The first-order valence-electron chi connectivity index (χ1n) is 6.51. The van der Waals surface area contributed by atoms with Crippen molar-refractivity contribution in [2.24, 2.45) is 0 Å². The van der Waals surface area contributed by atoms with Crippen molar-refractivity contribution in [3.63, 3.8) is 0 Å². The van der Waals surface area contributed by atoms with Crippen molar-refractivity contribution >= 4 is 0 Å². The molecular weight excluding hydrogens is 234 g/mol. The standard InChI is InChI=1S/C14H20F2N2/c1-2-13-10-17-8-9-18(13)11-14(15,16)12-6-4-3-5-7-12/h3-7,13,17H,2,8-11H2,1H3. The van der Waals surface area contributed by atoms with E-state index < -0.39 is 5.92 Å². The maximum atomic E-state index is 14.2. The van der Waals surface area contributed by atoms with E-state index in [-0.39, 0.29) is 18.2 Å². The smallest absolute Gasteiger partial charge is 0.285 e. The summed E-state index contributed by atoms with van der Waals surface area (Å²) in [7, 11) is 0. The molecule has 1 aromatic rings. The Morgan fingerprint density at radius 3 is 2.72 bits per heavy atom. The fourth-order valence-electron chi connectivity index (χ4n) is 2.44. The molecule has 0 saturated carbocycles. The predicted octanol–water partition coefficient (Wildman–Crippen LogP) is 2.46. The molecule has 2 nitrogen and oxygen atoms in total. The Labute approximate surface area is 107 Å². The summed E-state index contributed by atoms with van der Waals surface area (Å²) in [4.78, 5) is 1.91. The molecule has 1 aromatic carbocycles. The van der Waals surface area contributed by atoms with Gasteiger partial charge in [0.15, 0.2) is 0 Å². The molecule has 2 rings (SSSR count). The summed E-state index contributed by atoms with van der Waals surface area (Å²) in [5.41, 5.74) is 0.110. The number of alkyl halides is 2. The van der Waals surface area contributed by atoms with Gasteiger partial charge in [0, 0.05) is 31.2 Å². The molecule has 0 spiro atoms. The van der Waals surface area contributed by atoms with Crippen LogP contribution in [0.15, 0.2) is 30.3 Å². The van der Waals surface area contributed by atoms with Crippen LogP contribution in [0.25, 0.3) is 0 Å². The Morgan fingerprint density at radius 1 is 1.33 bits per heavy atom. The molecule has 1 atom stereocenters. The van der Waals surface area contributed by atoms with Gasteiger partial charge in [0.05, 0.1) is 6.54 Å². The lowest BCUT2D eigenvalue weighted by atomic mass is 10.1. The van der Waals surface area contributed by atoms with Gasteiger partial charge in [-0.1, -0.05) is 37.3 Å². The minimum atomic E-state index is -2.77. The largest absolute Gasteiger partial charge is 0.314 e. The SMILES string of the molecule is CCC1CNCCN1CC(F)(F)c1ccccc1. The predicted molar refractivity (Wildman–Crippen MR) is 68.9 cm³/mol. The maximum Gasteiger partial charge on any atom is 0.285 e. The normalized spacial score (nSPS) is 22.1. The molecule has 1 unspecified atom stereocenters. The fraction of sp³-hybridized carbons (Fsp3) is 0.571. The van der Waals surface area contributed by atoms with Crippen molar-refractivity contribution < 1.29 is 8.78 Å². The molecule has 1 saturated heterocycles. The molecular formula is C14H20F2N2. The van der Waals surface area contributed by atoms with Gasteiger partial charge in [-0.3, -0.25) is 4.90 Å². The average molecular weight is 254 g/mol. The second-order valence-electron chi connectivity index (χ2n) is 4.81. The number of rotatable bonds is 4. The van der Waals surface area contributed by atoms with Gasteiger partial charge in [0.25, 0.3) is 5.92 Å². The first kappa shape index (κ1) is 13.4. The second-order valence-corrected chi connectivity index (χ2v) is 4.81. The summed E-state index contributed by atoms with van der Waals surface area (Å²) in [6.07, 6.45) is 0.901. The Morgan fingerprint density at radius 2 is 2.06 bits per heavy atom. The molecule has 0 aliphatic carbocycles. The van der Waals surface area contributed by atoms with Gasteiger partial charge in [0.2, 0.25) is 0 Å². The molecule has 1 N–H and O–H groups in total. The number of nitrogens with one attached hydrogen (secondary N) is 1. The van der Waals surface area contributed by atoms with E-state index in [9.17, 15) is 8.78 Å². The van der Waals surface area contributed by atoms with Gasteiger partial charge in [-0.2, -0.15) is 8.78 Å². The van der Waals surface area contributed by atoms with Gasteiger partial charge < -0.3 is 5.32 Å². The summed E-state index contributed by atoms with van der Waals surface area (Å²) < 4.78 is 28.4. The van der Waals surface area contributed by atoms with E-state index >= 15 is 0 Å². The Kier molecular flexibility index (Phi) is 4.30. The molecule has 1 aliphatic heterocycles. The lowest BCUT2D eigenvalue weighted by molar-refractivity contribution is -0.0523. The molecule has 100 valence electrons. The Balaban J connectivity index is 2.07. The molecule has 0 bridgehead atoms. The highest BCUT2D eigenvalue weighted by atomic mass is 19.3. The molecule has 1 aliphatic rings. The molecule has 0 aromatic heterocycles. The van der Waals surface area contributed by atoms with Crippen LogP contribution in [0.2, 0.25) is 0 Å². The van der Waals surface area contributed by atoms with Gasteiger partial charge in [0.1, 0.15) is 0 Å². The Bertz CT molecular complexity index is 367. The Hall–Kier alpha value is -1.00. The first-order valence-corrected chi connectivity index (χ1v) is 6.51. The number of hydrogen-bond acceptors (Lipinski definition) is 2. The first-order chi connectivity index (χ1) is 8.63. The highest BCUT2D eigenvalue weighted by Crippen LogP contribution is 2.29. The van der Waals surface area contributed by atoms with Crippen LogP contribution >= 0.6 is 0 Å². The molecule has 18 heavy (non-hydrogen) atoms. The van der Waals surface area contributed by atoms with Crippen LogP contribution in [-0.2, 0) is 5.92 Å². The molecule has 1 fully saturated rings. The van der Waals surface area contributed by atoms with Crippen LogP contribution in [0.4, 0.5) is 8.78 Å². The molecule has 4 heteroatoms. The van der Waals surface area contributed by atoms with Crippen LogP contribution in [-0.4, -0.2) is 37.1 Å². The van der Waals surface area contributed by atoms with Crippen LogP contribution < -0.4 is 5.32 Å². The third-order valence-electron chi connectivity index (χ3n) is 3.54. The van der Waals surface area contributed by atoms with Gasteiger partial charge in [-0.15, -0.1) is 0 Å². The topological polar surface area (TPSA) is 15.3 Å². The van der Waals surface area contributed by atoms with Crippen molar-refractivity contribution in [2.45, 2.75) is 25.3 Å². The number of piperazine rings is 1. The van der Waals surface area contributed by atoms with Crippen LogP contribution in [0.5, 0.6) is 0 Å². The number of nitrogens with zero attached hydrogens (tertiary/aromatic N) is 1. The third kappa shape index (κ3) is 3.06. The lowest BCUT2D eigenvalue weighted by Crippen LogP contribution is -2.53. The lowest BCUT2D eigenvalue weighted by Gasteiger charge is -2.37. The van der Waals surface area contributed by atoms with Crippen molar-refractivity contribution in [2.75, 3.05) is 26.2 Å². The van der Waals surface area contributed by atoms with Crippen molar-refractivity contribution in [3.05, 3.63) is 35.9 Å². The molecule has 0 radical (unpaired) electrons. The van der Waals surface area contributed by atoms with E-state index in [4.69, 9.17) is 0 Å². The second kappa shape index (κ2) is 5.76. The highest BCUT2D eigenvalue weighted by molar-refractivity contribution is 5.20. The summed E-state index contributed by atoms with van der Waals surface area (Å²) in [6.45, 7) is 4.16. The molecule has 1 heterocycles. The summed E-state index contributed by atoms with van der Waals surface area (Å²) in [6, 6.07) is 8.32. The fourth-order valence-corrected chi connectivity index (χ4v) is 2.44. The van der Waals surface area contributed by atoms with Crippen molar-refractivity contribution in [1.82, 2.24) is 10.2 Å². The van der Waals surface area contributed by atoms with Crippen molar-refractivity contribution in [3.8, 4) is 0 Å². The van der Waals surface area contributed by atoms with E-state index in [1.54, 1.807) is 18.2 Å². The minimum Gasteiger partial charge on any atom is -0.314 e. The van der Waals surface area contributed by atoms with Gasteiger partial charge >= 0.3 is 0 Å². The maximum absolute atomic E-state index is 14.2. The summed E-state index contributed by atoms with van der Waals surface area (Å²) in [5, 5.41) is 3.25. The van der Waals surface area contributed by atoms with Crippen LogP contribution in [0.3, 0.4) is 0 Å². The number of benzene rings is 1. The van der Waals surface area contributed by atoms with E-state index in [0.29, 0.717) is 6.54 Å². The third-order valence-corrected chi connectivity index (χ3v) is 3.54. The number of halogens is 2.